The molecule has 0 radical (unpaired) electrons. The van der Waals surface area contributed by atoms with Crippen molar-refractivity contribution in [2.24, 2.45) is 0 Å². The lowest BCUT2D eigenvalue weighted by molar-refractivity contribution is 0.220. The van der Waals surface area contributed by atoms with Gasteiger partial charge in [0, 0.05) is 11.8 Å². The highest BCUT2D eigenvalue weighted by molar-refractivity contribution is 14.1. The summed E-state index contributed by atoms with van der Waals surface area (Å²) < 4.78 is 0.927. The maximum absolute atomic E-state index is 10.0. The molecule has 1 N–H and O–H groups in total. The molecule has 3 heteroatoms. The molecular formula is C12H10INO. The summed E-state index contributed by atoms with van der Waals surface area (Å²) in [6.45, 7) is 0. The van der Waals surface area contributed by atoms with Crippen LogP contribution in [0.5, 0.6) is 0 Å². The molecule has 0 fully saturated rings. The van der Waals surface area contributed by atoms with Crippen LogP contribution in [-0.2, 0) is 0 Å². The van der Waals surface area contributed by atoms with E-state index in [-0.39, 0.29) is 0 Å². The normalized spacial score (nSPS) is 12.4. The van der Waals surface area contributed by atoms with Gasteiger partial charge in [-0.2, -0.15) is 0 Å². The third kappa shape index (κ3) is 2.54. The van der Waals surface area contributed by atoms with Crippen LogP contribution in [0.1, 0.15) is 17.2 Å². The molecule has 0 aliphatic rings. The monoisotopic (exact) mass is 311 g/mol. The van der Waals surface area contributed by atoms with E-state index in [4.69, 9.17) is 0 Å². The van der Waals surface area contributed by atoms with E-state index in [9.17, 15) is 5.11 Å². The highest BCUT2D eigenvalue weighted by Crippen LogP contribution is 2.20. The molecule has 0 bridgehead atoms. The predicted octanol–water partition coefficient (Wildman–Crippen LogP) is 2.77. The van der Waals surface area contributed by atoms with Gasteiger partial charge in [-0.3, -0.25) is 0 Å². The second kappa shape index (κ2) is 4.72. The third-order valence-electron chi connectivity index (χ3n) is 2.18. The van der Waals surface area contributed by atoms with E-state index in [0.29, 0.717) is 0 Å². The summed E-state index contributed by atoms with van der Waals surface area (Å²) >= 11 is 2.14. The number of aromatic nitrogens is 1. The Morgan fingerprint density at radius 1 is 1.00 bits per heavy atom. The number of hydrogen-bond acceptors (Lipinski definition) is 2. The first-order chi connectivity index (χ1) is 7.27. The Labute approximate surface area is 102 Å². The number of nitrogens with zero attached hydrogens (tertiary/aromatic N) is 1. The van der Waals surface area contributed by atoms with E-state index in [2.05, 4.69) is 27.6 Å². The van der Waals surface area contributed by atoms with E-state index in [1.807, 2.05) is 42.5 Å². The van der Waals surface area contributed by atoms with Gasteiger partial charge in [-0.15, -0.1) is 0 Å². The van der Waals surface area contributed by atoms with Crippen LogP contribution < -0.4 is 0 Å². The van der Waals surface area contributed by atoms with Crippen molar-refractivity contribution in [2.75, 3.05) is 0 Å². The molecular weight excluding hydrogens is 301 g/mol. The molecule has 76 valence electrons. The molecule has 0 aliphatic heterocycles. The first kappa shape index (κ1) is 10.6. The Hall–Kier alpha value is -0.940. The quantitative estimate of drug-likeness (QED) is 0.683. The van der Waals surface area contributed by atoms with E-state index in [1.165, 1.54) is 0 Å². The van der Waals surface area contributed by atoms with Crippen molar-refractivity contribution in [1.82, 2.24) is 4.98 Å². The molecule has 2 rings (SSSR count). The molecule has 0 aliphatic carbocycles. The molecule has 1 heterocycles. The summed E-state index contributed by atoms with van der Waals surface area (Å²) in [5.41, 5.74) is 1.71. The van der Waals surface area contributed by atoms with Gasteiger partial charge >= 0.3 is 0 Å². The molecule has 1 aromatic heterocycles. The summed E-state index contributed by atoms with van der Waals surface area (Å²) in [4.78, 5) is 4.15. The zero-order chi connectivity index (χ0) is 10.7. The fraction of sp³-hybridized carbons (Fsp3) is 0.0833. The molecule has 0 saturated heterocycles. The summed E-state index contributed by atoms with van der Waals surface area (Å²) in [6.07, 6.45) is 1.12. The number of aliphatic hydroxyl groups is 1. The Morgan fingerprint density at radius 3 is 2.33 bits per heavy atom. The van der Waals surface area contributed by atoms with Crippen molar-refractivity contribution in [2.45, 2.75) is 6.10 Å². The Kier molecular flexibility index (Phi) is 3.33. The van der Waals surface area contributed by atoms with Gasteiger partial charge in [-0.05, 0) is 34.2 Å². The van der Waals surface area contributed by atoms with Crippen LogP contribution in [0.25, 0.3) is 0 Å². The van der Waals surface area contributed by atoms with Gasteiger partial charge in [0.05, 0.1) is 0 Å². The SMILES string of the molecule is O[C@H](c1ccccc1)c1ccc(I)nc1. The van der Waals surface area contributed by atoms with Gasteiger partial charge in [-0.25, -0.2) is 4.98 Å². The highest BCUT2D eigenvalue weighted by atomic mass is 127. The molecule has 15 heavy (non-hydrogen) atoms. The van der Waals surface area contributed by atoms with Gasteiger partial charge in [-0.1, -0.05) is 36.4 Å². The van der Waals surface area contributed by atoms with Crippen molar-refractivity contribution in [3.63, 3.8) is 0 Å². The standard InChI is InChI=1S/C12H10INO/c13-11-7-6-10(8-14-11)12(15)9-4-2-1-3-5-9/h1-8,12,15H/t12-/m1/s1. The largest absolute Gasteiger partial charge is 0.384 e. The maximum atomic E-state index is 10.0. The third-order valence-corrected chi connectivity index (χ3v) is 2.82. The lowest BCUT2D eigenvalue weighted by Crippen LogP contribution is -1.99. The Balaban J connectivity index is 2.29. The number of rotatable bonds is 2. The van der Waals surface area contributed by atoms with Gasteiger partial charge in [0.25, 0.3) is 0 Å². The maximum Gasteiger partial charge on any atom is 0.106 e. The van der Waals surface area contributed by atoms with Crippen LogP contribution >= 0.6 is 22.6 Å². The van der Waals surface area contributed by atoms with E-state index in [0.717, 1.165) is 14.8 Å². The minimum absolute atomic E-state index is 0.587. The summed E-state index contributed by atoms with van der Waals surface area (Å²) in [5.74, 6) is 0. The smallest absolute Gasteiger partial charge is 0.106 e. The summed E-state index contributed by atoms with van der Waals surface area (Å²) in [5, 5.41) is 10.0. The second-order valence-corrected chi connectivity index (χ2v) is 4.33. The van der Waals surface area contributed by atoms with Crippen LogP contribution in [-0.4, -0.2) is 10.1 Å². The second-order valence-electron chi connectivity index (χ2n) is 3.23. The lowest BCUT2D eigenvalue weighted by atomic mass is 10.0. The fourth-order valence-corrected chi connectivity index (χ4v) is 1.70. The fourth-order valence-electron chi connectivity index (χ4n) is 1.38. The van der Waals surface area contributed by atoms with Crippen LogP contribution in [0, 0.1) is 3.70 Å². The molecule has 2 nitrogen and oxygen atoms in total. The molecule has 0 spiro atoms. The summed E-state index contributed by atoms with van der Waals surface area (Å²) in [6, 6.07) is 13.4. The predicted molar refractivity (Wildman–Crippen MR) is 67.5 cm³/mol. The lowest BCUT2D eigenvalue weighted by Gasteiger charge is -2.10. The van der Waals surface area contributed by atoms with Crippen molar-refractivity contribution in [3.8, 4) is 0 Å². The van der Waals surface area contributed by atoms with Crippen molar-refractivity contribution >= 4 is 22.6 Å². The van der Waals surface area contributed by atoms with Crippen LogP contribution in [0.15, 0.2) is 48.7 Å². The van der Waals surface area contributed by atoms with E-state index < -0.39 is 6.10 Å². The Morgan fingerprint density at radius 2 is 1.73 bits per heavy atom. The van der Waals surface area contributed by atoms with Gasteiger partial charge in [0.15, 0.2) is 0 Å². The minimum Gasteiger partial charge on any atom is -0.384 e. The molecule has 0 saturated carbocycles. The van der Waals surface area contributed by atoms with Crippen molar-refractivity contribution in [1.29, 1.82) is 0 Å². The van der Waals surface area contributed by atoms with Crippen LogP contribution in [0.4, 0.5) is 0 Å². The first-order valence-electron chi connectivity index (χ1n) is 4.62. The highest BCUT2D eigenvalue weighted by Gasteiger charge is 2.09. The number of benzene rings is 1. The molecule has 0 unspecified atom stereocenters. The molecule has 2 aromatic rings. The van der Waals surface area contributed by atoms with E-state index >= 15 is 0 Å². The molecule has 1 atom stereocenters. The average molecular weight is 311 g/mol. The number of pyridine rings is 1. The minimum atomic E-state index is -0.587. The average Bonchev–Trinajstić information content (AvgIpc) is 2.30. The molecule has 0 amide bonds. The van der Waals surface area contributed by atoms with Gasteiger partial charge in [0.2, 0.25) is 0 Å². The van der Waals surface area contributed by atoms with Gasteiger partial charge in [0.1, 0.15) is 9.80 Å². The summed E-state index contributed by atoms with van der Waals surface area (Å²) in [7, 11) is 0. The zero-order valence-electron chi connectivity index (χ0n) is 7.97. The topological polar surface area (TPSA) is 33.1 Å². The zero-order valence-corrected chi connectivity index (χ0v) is 10.1. The Bertz CT molecular complexity index is 427. The van der Waals surface area contributed by atoms with Crippen LogP contribution in [0.3, 0.4) is 0 Å². The van der Waals surface area contributed by atoms with E-state index in [1.54, 1.807) is 6.20 Å². The number of aliphatic hydroxyl groups excluding tert-OH is 1. The van der Waals surface area contributed by atoms with Gasteiger partial charge < -0.3 is 5.11 Å². The van der Waals surface area contributed by atoms with Crippen LogP contribution in [0.2, 0.25) is 0 Å². The molecule has 1 aromatic carbocycles. The first-order valence-corrected chi connectivity index (χ1v) is 5.70. The number of halogens is 1. The number of hydrogen-bond donors (Lipinski definition) is 1. The van der Waals surface area contributed by atoms with Crippen molar-refractivity contribution in [3.05, 3.63) is 63.5 Å². The van der Waals surface area contributed by atoms with Crippen molar-refractivity contribution < 1.29 is 5.11 Å².